The maximum atomic E-state index is 12.2. The fraction of sp³-hybridized carbons (Fsp3) is 0.600. The second-order valence-corrected chi connectivity index (χ2v) is 17.2. The molecule has 0 amide bonds. The van der Waals surface area contributed by atoms with Gasteiger partial charge in [0.05, 0.1) is 0 Å². The van der Waals surface area contributed by atoms with Crippen LogP contribution in [0.1, 0.15) is 116 Å². The molecule has 0 saturated heterocycles. The second kappa shape index (κ2) is 8.13. The van der Waals surface area contributed by atoms with Gasteiger partial charge in [-0.1, -0.05) is 0 Å². The molecule has 192 valence electrons. The van der Waals surface area contributed by atoms with E-state index in [0.29, 0.717) is 11.1 Å². The molecule has 0 unspecified atom stereocenters. The molecule has 0 aliphatic carbocycles. The van der Waals surface area contributed by atoms with E-state index in [1.807, 2.05) is 26.0 Å². The van der Waals surface area contributed by atoms with Crippen molar-refractivity contribution in [2.45, 2.75) is 119 Å². The van der Waals surface area contributed by atoms with Crippen molar-refractivity contribution in [2.75, 3.05) is 0 Å². The molecule has 0 aliphatic heterocycles. The number of hydrogen-bond donors (Lipinski definition) is 3. The third-order valence-electron chi connectivity index (χ3n) is 6.77. The fourth-order valence-electron chi connectivity index (χ4n) is 4.77. The number of rotatable bonds is 2. The third-order valence-corrected chi connectivity index (χ3v) is 9.61. The molecule has 0 atom stereocenters. The van der Waals surface area contributed by atoms with E-state index in [9.17, 15) is 14.7 Å². The van der Waals surface area contributed by atoms with Gasteiger partial charge in [-0.15, -0.1) is 0 Å². The first-order chi connectivity index (χ1) is 14.8. The Balaban J connectivity index is 3.13. The number of hydrogen-bond acceptors (Lipinski definition) is 3. The van der Waals surface area contributed by atoms with Crippen molar-refractivity contribution >= 4 is 17.9 Å². The molecule has 2 aromatic carbocycles. The normalized spacial score (nSPS) is 15.3. The summed E-state index contributed by atoms with van der Waals surface area (Å²) >= 11 is 0. The van der Waals surface area contributed by atoms with Crippen molar-refractivity contribution in [3.63, 3.8) is 0 Å². The quantitative estimate of drug-likeness (QED) is 0.411. The summed E-state index contributed by atoms with van der Waals surface area (Å²) in [5.74, 6) is 0. The molecule has 0 aromatic heterocycles. The van der Waals surface area contributed by atoms with Gasteiger partial charge in [0.2, 0.25) is 0 Å². The van der Waals surface area contributed by atoms with Gasteiger partial charge >= 0.3 is 209 Å². The molecule has 0 radical (unpaired) electrons. The molecule has 0 spiro atoms. The van der Waals surface area contributed by atoms with E-state index >= 15 is 0 Å². The van der Waals surface area contributed by atoms with Gasteiger partial charge in [-0.25, -0.2) is 0 Å². The van der Waals surface area contributed by atoms with Crippen LogP contribution < -0.4 is 10.6 Å². The van der Waals surface area contributed by atoms with Gasteiger partial charge in [-0.05, 0) is 0 Å². The Morgan fingerprint density at radius 2 is 0.735 bits per heavy atom. The SMILES string of the molecule is Cc1cc(C(C)(C)C)cc(C(C)(C)C)c1P(O)(O)(O)c1c(C)cc(C(C)(C)C)cc1C(C)(C)C. The average Bonchev–Trinajstić information content (AvgIpc) is 2.56. The predicted octanol–water partition coefficient (Wildman–Crippen LogP) is 6.72. The monoisotopic (exact) mass is 488 g/mol. The molecule has 0 bridgehead atoms. The zero-order valence-corrected chi connectivity index (χ0v) is 25.0. The van der Waals surface area contributed by atoms with Crippen molar-refractivity contribution in [3.8, 4) is 0 Å². The minimum absolute atomic E-state index is 0.110. The van der Waals surface area contributed by atoms with Gasteiger partial charge in [0, 0.05) is 0 Å². The van der Waals surface area contributed by atoms with Gasteiger partial charge < -0.3 is 0 Å². The van der Waals surface area contributed by atoms with Crippen molar-refractivity contribution in [3.05, 3.63) is 57.6 Å². The summed E-state index contributed by atoms with van der Waals surface area (Å²) in [6.45, 7) is 29.0. The zero-order valence-electron chi connectivity index (χ0n) is 24.1. The van der Waals surface area contributed by atoms with E-state index in [4.69, 9.17) is 0 Å². The molecule has 3 N–H and O–H groups in total. The average molecular weight is 489 g/mol. The molecular weight excluding hydrogens is 439 g/mol. The molecular formula is C30H49O3P. The Labute approximate surface area is 208 Å². The summed E-state index contributed by atoms with van der Waals surface area (Å²) in [5.41, 5.74) is 4.18. The van der Waals surface area contributed by atoms with E-state index in [-0.39, 0.29) is 21.4 Å². The van der Waals surface area contributed by atoms with Crippen molar-refractivity contribution < 1.29 is 14.7 Å². The van der Waals surface area contributed by atoms with Gasteiger partial charge in [-0.2, -0.15) is 0 Å². The Morgan fingerprint density at radius 1 is 0.471 bits per heavy atom. The predicted molar refractivity (Wildman–Crippen MR) is 150 cm³/mol. The van der Waals surface area contributed by atoms with E-state index in [1.165, 1.54) is 0 Å². The van der Waals surface area contributed by atoms with Crippen molar-refractivity contribution in [1.29, 1.82) is 0 Å². The first kappa shape index (κ1) is 29.0. The summed E-state index contributed by atoms with van der Waals surface area (Å²) in [6, 6.07) is 8.12. The van der Waals surface area contributed by atoms with Crippen molar-refractivity contribution in [2.24, 2.45) is 0 Å². The zero-order chi connectivity index (χ0) is 26.9. The van der Waals surface area contributed by atoms with E-state index in [2.05, 4.69) is 95.2 Å². The van der Waals surface area contributed by atoms with Crippen LogP contribution >= 0.6 is 7.28 Å². The molecule has 4 heteroatoms. The summed E-state index contributed by atoms with van der Waals surface area (Å²) in [5, 5.41) is 0.562. The van der Waals surface area contributed by atoms with Crippen LogP contribution in [-0.2, 0) is 21.7 Å². The van der Waals surface area contributed by atoms with Crippen LogP contribution in [0.5, 0.6) is 0 Å². The molecule has 2 aromatic rings. The van der Waals surface area contributed by atoms with Gasteiger partial charge in [0.1, 0.15) is 0 Å². The second-order valence-electron chi connectivity index (χ2n) is 14.4. The van der Waals surface area contributed by atoms with E-state index < -0.39 is 18.1 Å². The fourth-order valence-corrected chi connectivity index (χ4v) is 8.11. The standard InChI is InChI=1S/C30H49O3P/c1-19-15-21(27(3,4)5)17-23(29(9,10)11)25(19)34(31,32,33)26-20(2)16-22(28(6,7)8)18-24(26)30(12,13)14/h15-18,31-33H,1-14H3. The molecule has 0 fully saturated rings. The van der Waals surface area contributed by atoms with Crippen LogP contribution in [0.4, 0.5) is 0 Å². The van der Waals surface area contributed by atoms with Crippen LogP contribution in [-0.4, -0.2) is 14.7 Å². The van der Waals surface area contributed by atoms with Crippen LogP contribution in [0.25, 0.3) is 0 Å². The minimum atomic E-state index is -5.53. The Kier molecular flexibility index (Phi) is 6.93. The third kappa shape index (κ3) is 5.44. The van der Waals surface area contributed by atoms with E-state index in [1.54, 1.807) is 0 Å². The van der Waals surface area contributed by atoms with E-state index in [0.717, 1.165) is 22.3 Å². The summed E-state index contributed by atoms with van der Waals surface area (Å²) in [7, 11) is -5.53. The topological polar surface area (TPSA) is 60.7 Å². The molecule has 3 nitrogen and oxygen atoms in total. The Morgan fingerprint density at radius 3 is 0.941 bits per heavy atom. The summed E-state index contributed by atoms with van der Waals surface area (Å²) in [4.78, 5) is 36.6. The number of benzene rings is 2. The molecule has 2 rings (SSSR count). The van der Waals surface area contributed by atoms with Gasteiger partial charge in [0.15, 0.2) is 0 Å². The van der Waals surface area contributed by atoms with Crippen LogP contribution in [0.2, 0.25) is 0 Å². The first-order valence-corrected chi connectivity index (χ1v) is 14.5. The van der Waals surface area contributed by atoms with Crippen LogP contribution in [0.3, 0.4) is 0 Å². The Bertz CT molecular complexity index is 1000. The molecule has 0 heterocycles. The molecule has 0 saturated carbocycles. The molecule has 34 heavy (non-hydrogen) atoms. The Hall–Kier alpha value is -1.25. The number of aryl methyl sites for hydroxylation is 2. The van der Waals surface area contributed by atoms with Crippen LogP contribution in [0.15, 0.2) is 24.3 Å². The first-order valence-electron chi connectivity index (χ1n) is 12.4. The summed E-state index contributed by atoms with van der Waals surface area (Å²) in [6.07, 6.45) is 0. The summed E-state index contributed by atoms with van der Waals surface area (Å²) < 4.78 is 0. The van der Waals surface area contributed by atoms with Crippen molar-refractivity contribution in [1.82, 2.24) is 0 Å². The maximum absolute atomic E-state index is 12.2. The van der Waals surface area contributed by atoms with Crippen LogP contribution in [0, 0.1) is 13.8 Å². The van der Waals surface area contributed by atoms with Gasteiger partial charge in [-0.3, -0.25) is 0 Å². The molecule has 0 aliphatic rings. The van der Waals surface area contributed by atoms with Gasteiger partial charge in [0.25, 0.3) is 0 Å².